The summed E-state index contributed by atoms with van der Waals surface area (Å²) in [7, 11) is 0. The third kappa shape index (κ3) is 2.64. The highest BCUT2D eigenvalue weighted by Gasteiger charge is 2.31. The summed E-state index contributed by atoms with van der Waals surface area (Å²) in [6.07, 6.45) is 3.16. The molecular formula is C11H15ClN2O2. The number of aliphatic hydroxyl groups excluding tert-OH is 1. The van der Waals surface area contributed by atoms with Crippen molar-refractivity contribution < 1.29 is 9.84 Å². The lowest BCUT2D eigenvalue weighted by Gasteiger charge is -2.36. The molecule has 0 saturated carbocycles. The Morgan fingerprint density at radius 3 is 2.75 bits per heavy atom. The lowest BCUT2D eigenvalue weighted by molar-refractivity contribution is 0.0378. The molecule has 0 spiro atoms. The minimum absolute atomic E-state index is 0.0840. The van der Waals surface area contributed by atoms with Crippen molar-refractivity contribution in [2.75, 3.05) is 25.1 Å². The summed E-state index contributed by atoms with van der Waals surface area (Å²) < 4.78 is 5.29. The minimum atomic E-state index is -0.306. The van der Waals surface area contributed by atoms with Gasteiger partial charge >= 0.3 is 0 Å². The molecule has 5 heteroatoms. The summed E-state index contributed by atoms with van der Waals surface area (Å²) in [6.45, 7) is 1.42. The normalized spacial score (nSPS) is 19.4. The Kier molecular flexibility index (Phi) is 3.63. The highest BCUT2D eigenvalue weighted by Crippen LogP contribution is 2.25. The summed E-state index contributed by atoms with van der Waals surface area (Å²) in [5, 5.41) is 13.4. The number of aromatic nitrogens is 1. The van der Waals surface area contributed by atoms with E-state index in [1.807, 2.05) is 6.07 Å². The largest absolute Gasteiger partial charge is 0.394 e. The monoisotopic (exact) mass is 242 g/mol. The van der Waals surface area contributed by atoms with Crippen molar-refractivity contribution in [2.24, 2.45) is 0 Å². The van der Waals surface area contributed by atoms with Gasteiger partial charge in [-0.1, -0.05) is 11.6 Å². The second-order valence-electron chi connectivity index (χ2n) is 4.04. The van der Waals surface area contributed by atoms with Gasteiger partial charge in [0, 0.05) is 19.4 Å². The summed E-state index contributed by atoms with van der Waals surface area (Å²) in [4.78, 5) is 4.17. The highest BCUT2D eigenvalue weighted by atomic mass is 35.5. The Balaban J connectivity index is 2.08. The van der Waals surface area contributed by atoms with Crippen molar-refractivity contribution in [3.63, 3.8) is 0 Å². The van der Waals surface area contributed by atoms with E-state index in [2.05, 4.69) is 10.3 Å². The SMILES string of the molecule is OCC1(Nc2ccc(Cl)cn2)CCOCC1. The number of rotatable bonds is 3. The van der Waals surface area contributed by atoms with E-state index in [0.29, 0.717) is 18.2 Å². The molecule has 88 valence electrons. The van der Waals surface area contributed by atoms with Crippen molar-refractivity contribution in [1.29, 1.82) is 0 Å². The Morgan fingerprint density at radius 1 is 1.44 bits per heavy atom. The summed E-state index contributed by atoms with van der Waals surface area (Å²) in [5.74, 6) is 0.736. The van der Waals surface area contributed by atoms with Gasteiger partial charge in [0.15, 0.2) is 0 Å². The van der Waals surface area contributed by atoms with Crippen LogP contribution in [0.1, 0.15) is 12.8 Å². The van der Waals surface area contributed by atoms with Crippen LogP contribution in [0.5, 0.6) is 0 Å². The van der Waals surface area contributed by atoms with Gasteiger partial charge in [-0.2, -0.15) is 0 Å². The molecule has 1 fully saturated rings. The van der Waals surface area contributed by atoms with Crippen molar-refractivity contribution in [3.05, 3.63) is 23.4 Å². The molecule has 1 aromatic heterocycles. The van der Waals surface area contributed by atoms with E-state index in [9.17, 15) is 5.11 Å². The fraction of sp³-hybridized carbons (Fsp3) is 0.545. The number of aliphatic hydroxyl groups is 1. The standard InChI is InChI=1S/C11H15ClN2O2/c12-9-1-2-10(13-7-9)14-11(8-15)3-5-16-6-4-11/h1-2,7,15H,3-6,8H2,(H,13,14). The van der Waals surface area contributed by atoms with E-state index in [0.717, 1.165) is 18.7 Å². The number of ether oxygens (including phenoxy) is 1. The third-order valence-corrected chi connectivity index (χ3v) is 3.10. The highest BCUT2D eigenvalue weighted by molar-refractivity contribution is 6.30. The van der Waals surface area contributed by atoms with Crippen molar-refractivity contribution in [3.8, 4) is 0 Å². The molecule has 1 aromatic rings. The number of nitrogens with one attached hydrogen (secondary N) is 1. The van der Waals surface area contributed by atoms with Crippen molar-refractivity contribution in [1.82, 2.24) is 4.98 Å². The predicted molar refractivity (Wildman–Crippen MR) is 62.7 cm³/mol. The Morgan fingerprint density at radius 2 is 2.19 bits per heavy atom. The van der Waals surface area contributed by atoms with Gasteiger partial charge in [-0.3, -0.25) is 0 Å². The number of pyridine rings is 1. The minimum Gasteiger partial charge on any atom is -0.394 e. The molecule has 4 nitrogen and oxygen atoms in total. The van der Waals surface area contributed by atoms with Crippen LogP contribution in [-0.4, -0.2) is 35.5 Å². The first-order valence-electron chi connectivity index (χ1n) is 5.32. The van der Waals surface area contributed by atoms with Gasteiger partial charge in [0.2, 0.25) is 0 Å². The zero-order valence-corrected chi connectivity index (χ0v) is 9.70. The Hall–Kier alpha value is -0.840. The first-order valence-corrected chi connectivity index (χ1v) is 5.70. The smallest absolute Gasteiger partial charge is 0.126 e. The lowest BCUT2D eigenvalue weighted by Crippen LogP contribution is -2.47. The topological polar surface area (TPSA) is 54.4 Å². The average molecular weight is 243 g/mol. The molecule has 1 aliphatic rings. The number of hydrogen-bond acceptors (Lipinski definition) is 4. The molecule has 0 unspecified atom stereocenters. The van der Waals surface area contributed by atoms with Crippen LogP contribution in [0.4, 0.5) is 5.82 Å². The molecule has 1 aliphatic heterocycles. The average Bonchev–Trinajstić information content (AvgIpc) is 2.33. The zero-order chi connectivity index (χ0) is 11.4. The molecule has 2 N–H and O–H groups in total. The van der Waals surface area contributed by atoms with Crippen LogP contribution < -0.4 is 5.32 Å². The van der Waals surface area contributed by atoms with E-state index in [1.165, 1.54) is 0 Å². The maximum atomic E-state index is 9.49. The molecular weight excluding hydrogens is 228 g/mol. The fourth-order valence-corrected chi connectivity index (χ4v) is 1.92. The third-order valence-electron chi connectivity index (χ3n) is 2.87. The maximum Gasteiger partial charge on any atom is 0.126 e. The van der Waals surface area contributed by atoms with E-state index >= 15 is 0 Å². The lowest BCUT2D eigenvalue weighted by atomic mass is 9.91. The second-order valence-corrected chi connectivity index (χ2v) is 4.47. The first-order chi connectivity index (χ1) is 7.74. The van der Waals surface area contributed by atoms with Gasteiger partial charge in [-0.05, 0) is 25.0 Å². The van der Waals surface area contributed by atoms with Crippen LogP contribution >= 0.6 is 11.6 Å². The van der Waals surface area contributed by atoms with Crippen LogP contribution in [0.15, 0.2) is 18.3 Å². The molecule has 0 aliphatic carbocycles. The first kappa shape index (κ1) is 11.6. The van der Waals surface area contributed by atoms with Crippen LogP contribution in [0.3, 0.4) is 0 Å². The fourth-order valence-electron chi connectivity index (χ4n) is 1.81. The molecule has 16 heavy (non-hydrogen) atoms. The van der Waals surface area contributed by atoms with Gasteiger partial charge in [-0.25, -0.2) is 4.98 Å². The predicted octanol–water partition coefficient (Wildman–Crippen LogP) is 1.69. The van der Waals surface area contributed by atoms with Crippen LogP contribution in [-0.2, 0) is 4.74 Å². The number of hydrogen-bond donors (Lipinski definition) is 2. The molecule has 1 saturated heterocycles. The molecule has 0 aromatic carbocycles. The molecule has 2 heterocycles. The number of nitrogens with zero attached hydrogens (tertiary/aromatic N) is 1. The van der Waals surface area contributed by atoms with Gasteiger partial charge in [-0.15, -0.1) is 0 Å². The molecule has 2 rings (SSSR count). The van der Waals surface area contributed by atoms with Gasteiger partial charge in [0.05, 0.1) is 17.2 Å². The molecule has 0 bridgehead atoms. The van der Waals surface area contributed by atoms with E-state index in [1.54, 1.807) is 12.3 Å². The Labute approximate surface area is 99.6 Å². The Bertz CT molecular complexity index is 336. The number of halogens is 1. The van der Waals surface area contributed by atoms with Crippen LogP contribution in [0, 0.1) is 0 Å². The maximum absolute atomic E-state index is 9.49. The van der Waals surface area contributed by atoms with Gasteiger partial charge < -0.3 is 15.2 Å². The molecule has 0 radical (unpaired) electrons. The molecule has 0 amide bonds. The van der Waals surface area contributed by atoms with E-state index in [4.69, 9.17) is 16.3 Å². The van der Waals surface area contributed by atoms with Crippen molar-refractivity contribution in [2.45, 2.75) is 18.4 Å². The number of anilines is 1. The van der Waals surface area contributed by atoms with Gasteiger partial charge in [0.1, 0.15) is 5.82 Å². The van der Waals surface area contributed by atoms with Gasteiger partial charge in [0.25, 0.3) is 0 Å². The second kappa shape index (κ2) is 4.99. The van der Waals surface area contributed by atoms with Crippen LogP contribution in [0.2, 0.25) is 5.02 Å². The summed E-state index contributed by atoms with van der Waals surface area (Å²) >= 11 is 5.76. The van der Waals surface area contributed by atoms with Crippen molar-refractivity contribution >= 4 is 17.4 Å². The summed E-state index contributed by atoms with van der Waals surface area (Å²) in [5.41, 5.74) is -0.306. The summed E-state index contributed by atoms with van der Waals surface area (Å²) in [6, 6.07) is 3.59. The van der Waals surface area contributed by atoms with E-state index in [-0.39, 0.29) is 12.1 Å². The van der Waals surface area contributed by atoms with E-state index < -0.39 is 0 Å². The zero-order valence-electron chi connectivity index (χ0n) is 8.95. The van der Waals surface area contributed by atoms with Crippen LogP contribution in [0.25, 0.3) is 0 Å². The molecule has 0 atom stereocenters. The quantitative estimate of drug-likeness (QED) is 0.847.